The molecule has 0 aromatic rings. The summed E-state index contributed by atoms with van der Waals surface area (Å²) in [5.74, 6) is -0.461. The second-order valence-corrected chi connectivity index (χ2v) is 3.24. The van der Waals surface area contributed by atoms with E-state index in [1.54, 1.807) is 6.92 Å². The van der Waals surface area contributed by atoms with Crippen LogP contribution in [0.15, 0.2) is 0 Å². The minimum absolute atomic E-state index is 0.1000. The van der Waals surface area contributed by atoms with E-state index in [1.807, 2.05) is 21.1 Å². The van der Waals surface area contributed by atoms with Gasteiger partial charge in [-0.05, 0) is 6.92 Å². The standard InChI is InChI=1S/C4H12NO.C4H7O2.Cd.O/c1-5(2,3)4-6;1-3-6-4(2)5;;/h6H,4H2,1-3H3;2-3H2,1H3;;/q+1;-1;;. The number of carbonyl (C=O) groups excluding carboxylic acids is 1. The molecule has 0 aliphatic heterocycles. The monoisotopic (exact) mass is 307 g/mol. The maximum atomic E-state index is 9.71. The fourth-order valence-electron chi connectivity index (χ4n) is 0.161. The average molecular weight is 306 g/mol. The molecule has 0 saturated heterocycles. The molecule has 0 unspecified atom stereocenters. The van der Waals surface area contributed by atoms with E-state index in [1.165, 1.54) is 0 Å². The number of ether oxygens (including phenoxy) is 1. The van der Waals surface area contributed by atoms with E-state index in [4.69, 9.17) is 7.79 Å². The molecule has 0 amide bonds. The molecule has 1 N–H and O–H groups in total. The summed E-state index contributed by atoms with van der Waals surface area (Å²) < 4.78 is 13.3. The predicted molar refractivity (Wildman–Crippen MR) is 47.8 cm³/mol. The number of aliphatic hydroxyl groups excluding tert-OH is 1. The van der Waals surface area contributed by atoms with Crippen molar-refractivity contribution in [1.82, 2.24) is 0 Å². The van der Waals surface area contributed by atoms with Crippen molar-refractivity contribution in [3.8, 4) is 0 Å². The van der Waals surface area contributed by atoms with E-state index in [0.717, 1.165) is 0 Å². The zero-order chi connectivity index (χ0) is 12.2. The molecular formula is C8H19CdNO4. The van der Waals surface area contributed by atoms with Gasteiger partial charge in [0.1, 0.15) is 0 Å². The average Bonchev–Trinajstić information content (AvgIpc) is 2.07. The zero-order valence-electron chi connectivity index (χ0n) is 9.45. The van der Waals surface area contributed by atoms with E-state index < -0.39 is 5.97 Å². The molecule has 0 aromatic carbocycles. The third kappa shape index (κ3) is 40.4. The summed E-state index contributed by atoms with van der Waals surface area (Å²) in [4.78, 5) is 9.71. The van der Waals surface area contributed by atoms with Gasteiger partial charge in [-0.15, -0.1) is 0 Å². The first-order valence-corrected chi connectivity index (χ1v) is 5.67. The fourth-order valence-corrected chi connectivity index (χ4v) is 0.161. The number of hydrogen-bond donors (Lipinski definition) is 1. The first kappa shape index (κ1) is 19.5. The van der Waals surface area contributed by atoms with Crippen molar-refractivity contribution in [2.24, 2.45) is 0 Å². The molecule has 14 heavy (non-hydrogen) atoms. The summed E-state index contributed by atoms with van der Waals surface area (Å²) in [6, 6.07) is 0. The van der Waals surface area contributed by atoms with Gasteiger partial charge in [0.25, 0.3) is 0 Å². The number of nitrogens with zero attached hydrogens (tertiary/aromatic N) is 1. The molecule has 0 atom stereocenters. The van der Waals surface area contributed by atoms with E-state index in [2.05, 4.69) is 11.7 Å². The molecule has 0 bridgehead atoms. The summed E-state index contributed by atoms with van der Waals surface area (Å²) in [6.45, 7) is 5.33. The molecule has 0 aliphatic carbocycles. The van der Waals surface area contributed by atoms with E-state index >= 15 is 0 Å². The Labute approximate surface area is 102 Å². The SMILES string of the molecule is C[N+](C)(C)CO.[CH2-]C(=O)OCC.[O]=[Cd]. The summed E-state index contributed by atoms with van der Waals surface area (Å²) in [6.07, 6.45) is 0. The van der Waals surface area contributed by atoms with Crippen LogP contribution >= 0.6 is 0 Å². The van der Waals surface area contributed by atoms with Gasteiger partial charge < -0.3 is 14.3 Å². The molecule has 0 aliphatic rings. The first-order valence-electron chi connectivity index (χ1n) is 4.02. The van der Waals surface area contributed by atoms with E-state index in [0.29, 0.717) is 11.1 Å². The van der Waals surface area contributed by atoms with Crippen molar-refractivity contribution >= 4 is 5.97 Å². The van der Waals surface area contributed by atoms with E-state index in [-0.39, 0.29) is 32.5 Å². The Balaban J connectivity index is -0.000000147. The van der Waals surface area contributed by atoms with Crippen LogP contribution in [0.2, 0.25) is 0 Å². The summed E-state index contributed by atoms with van der Waals surface area (Å²) >= 11 is -0.1000. The third-order valence-electron chi connectivity index (χ3n) is 0.730. The van der Waals surface area contributed by atoms with Gasteiger partial charge in [-0.25, -0.2) is 0 Å². The van der Waals surface area contributed by atoms with Crippen LogP contribution in [0.4, 0.5) is 0 Å². The number of aliphatic hydroxyl groups is 1. The van der Waals surface area contributed by atoms with Gasteiger partial charge in [0.2, 0.25) is 0 Å². The number of esters is 1. The van der Waals surface area contributed by atoms with Crippen molar-refractivity contribution in [3.05, 3.63) is 6.92 Å². The Hall–Kier alpha value is -0.0179. The maximum absolute atomic E-state index is 9.71. The first-order chi connectivity index (χ1) is 6.33. The Morgan fingerprint density at radius 3 is 1.71 bits per heavy atom. The van der Waals surface area contributed by atoms with Crippen LogP contribution in [0.1, 0.15) is 6.92 Å². The molecule has 0 saturated carbocycles. The van der Waals surface area contributed by atoms with Crippen molar-refractivity contribution < 1.29 is 47.6 Å². The van der Waals surface area contributed by atoms with Crippen molar-refractivity contribution in [3.63, 3.8) is 0 Å². The van der Waals surface area contributed by atoms with Crippen LogP contribution < -0.4 is 0 Å². The molecule has 0 rings (SSSR count). The Bertz CT molecular complexity index is 136. The quantitative estimate of drug-likeness (QED) is 0.254. The van der Waals surface area contributed by atoms with Crippen molar-refractivity contribution in [1.29, 1.82) is 0 Å². The molecule has 0 heterocycles. The molecule has 0 aromatic heterocycles. The summed E-state index contributed by atoms with van der Waals surface area (Å²) in [7, 11) is 5.79. The fraction of sp³-hybridized carbons (Fsp3) is 0.750. The molecule has 5 nitrogen and oxygen atoms in total. The molecular weight excluding hydrogens is 287 g/mol. The number of carbonyl (C=O) groups is 1. The van der Waals surface area contributed by atoms with Gasteiger partial charge in [0.15, 0.2) is 12.7 Å². The van der Waals surface area contributed by atoms with Gasteiger partial charge in [-0.3, -0.25) is 11.7 Å². The second-order valence-electron chi connectivity index (χ2n) is 3.24. The van der Waals surface area contributed by atoms with E-state index in [9.17, 15) is 4.79 Å². The van der Waals surface area contributed by atoms with Crippen molar-refractivity contribution in [2.45, 2.75) is 6.92 Å². The minimum atomic E-state index is -0.461. The zero-order valence-corrected chi connectivity index (χ0v) is 13.5. The number of quaternary nitrogens is 1. The van der Waals surface area contributed by atoms with Crippen LogP contribution in [0.5, 0.6) is 0 Å². The predicted octanol–water partition coefficient (Wildman–Crippen LogP) is -0.0953. The molecule has 82 valence electrons. The van der Waals surface area contributed by atoms with Crippen molar-refractivity contribution in [2.75, 3.05) is 34.5 Å². The second kappa shape index (κ2) is 13.0. The van der Waals surface area contributed by atoms with Gasteiger partial charge in [-0.1, -0.05) is 0 Å². The molecule has 6 heteroatoms. The van der Waals surface area contributed by atoms with Gasteiger partial charge in [0, 0.05) is 0 Å². The molecule has 0 spiro atoms. The van der Waals surface area contributed by atoms with Crippen LogP contribution in [0, 0.1) is 6.92 Å². The van der Waals surface area contributed by atoms with Crippen LogP contribution in [-0.2, 0) is 38.0 Å². The number of hydrogen-bond acceptors (Lipinski definition) is 4. The number of rotatable bonds is 2. The van der Waals surface area contributed by atoms with Gasteiger partial charge in [0.05, 0.1) is 27.7 Å². The Kier molecular flexibility index (Phi) is 18.1. The Morgan fingerprint density at radius 1 is 1.43 bits per heavy atom. The normalized spacial score (nSPS) is 8.79. The Morgan fingerprint density at radius 2 is 1.71 bits per heavy atom. The van der Waals surface area contributed by atoms with Gasteiger partial charge >= 0.3 is 28.5 Å². The van der Waals surface area contributed by atoms with Gasteiger partial charge in [-0.2, -0.15) is 0 Å². The summed E-state index contributed by atoms with van der Waals surface area (Å²) in [5.41, 5.74) is 0. The molecule has 0 radical (unpaired) electrons. The third-order valence-corrected chi connectivity index (χ3v) is 0.730. The van der Waals surface area contributed by atoms with Crippen LogP contribution in [-0.4, -0.2) is 50.0 Å². The topological polar surface area (TPSA) is 63.6 Å². The van der Waals surface area contributed by atoms with Crippen LogP contribution in [0.3, 0.4) is 0 Å². The summed E-state index contributed by atoms with van der Waals surface area (Å²) in [5, 5.41) is 8.38. The van der Waals surface area contributed by atoms with Crippen LogP contribution in [0.25, 0.3) is 0 Å². The molecule has 0 fully saturated rings.